The van der Waals surface area contributed by atoms with Crippen molar-refractivity contribution in [1.29, 1.82) is 0 Å². The summed E-state index contributed by atoms with van der Waals surface area (Å²) in [6.45, 7) is 0.681. The summed E-state index contributed by atoms with van der Waals surface area (Å²) in [4.78, 5) is 7.45. The Balaban J connectivity index is 2.21. The third-order valence-corrected chi connectivity index (χ3v) is 5.00. The number of nitrogens with two attached hydrogens (primary N) is 1. The number of pyridine rings is 1. The van der Waals surface area contributed by atoms with Gasteiger partial charge in [-0.2, -0.15) is 0 Å². The number of rotatable bonds is 5. The van der Waals surface area contributed by atoms with Gasteiger partial charge in [0.2, 0.25) is 0 Å². The predicted octanol–water partition coefficient (Wildman–Crippen LogP) is 5.47. The fourth-order valence-corrected chi connectivity index (χ4v) is 3.36. The quantitative estimate of drug-likeness (QED) is 0.586. The van der Waals surface area contributed by atoms with Crippen LogP contribution in [0.25, 0.3) is 22.2 Å². The van der Waals surface area contributed by atoms with E-state index in [-0.39, 0.29) is 0 Å². The fraction of sp³-hybridized carbons (Fsp3) is 0.235. The first kappa shape index (κ1) is 16.6. The lowest BCUT2D eigenvalue weighted by Crippen LogP contribution is -1.99. The second-order valence-corrected chi connectivity index (χ2v) is 6.56. The summed E-state index contributed by atoms with van der Waals surface area (Å²) in [6, 6.07) is 5.72. The Morgan fingerprint density at radius 3 is 2.61 bits per heavy atom. The van der Waals surface area contributed by atoms with E-state index in [1.165, 1.54) is 5.56 Å². The molecule has 6 heteroatoms. The minimum absolute atomic E-state index is 0.528. The summed E-state index contributed by atoms with van der Waals surface area (Å²) in [6.07, 6.45) is 6.23. The van der Waals surface area contributed by atoms with Crippen LogP contribution in [0.5, 0.6) is 0 Å². The third-order valence-electron chi connectivity index (χ3n) is 3.89. The molecular weight excluding hydrogens is 353 g/mol. The highest BCUT2D eigenvalue weighted by molar-refractivity contribution is 6.45. The van der Waals surface area contributed by atoms with E-state index in [0.717, 1.165) is 41.4 Å². The highest BCUT2D eigenvalue weighted by Gasteiger charge is 2.17. The number of fused-ring (bicyclic) bond motifs is 1. The van der Waals surface area contributed by atoms with Gasteiger partial charge in [0.25, 0.3) is 0 Å². The van der Waals surface area contributed by atoms with E-state index in [1.807, 2.05) is 18.2 Å². The molecule has 0 unspecified atom stereocenters. The molecule has 0 radical (unpaired) electrons. The first-order valence-corrected chi connectivity index (χ1v) is 8.55. The van der Waals surface area contributed by atoms with Gasteiger partial charge in [-0.1, -0.05) is 40.9 Å². The molecule has 2 heterocycles. The molecule has 2 aromatic heterocycles. The van der Waals surface area contributed by atoms with Crippen molar-refractivity contribution < 1.29 is 0 Å². The van der Waals surface area contributed by atoms with Crippen LogP contribution in [0.3, 0.4) is 0 Å². The van der Waals surface area contributed by atoms with E-state index in [2.05, 4.69) is 9.97 Å². The van der Waals surface area contributed by atoms with Gasteiger partial charge in [0.05, 0.1) is 26.3 Å². The number of hydrogen-bond acceptors (Lipinski definition) is 2. The molecule has 3 aromatic rings. The number of benzene rings is 1. The molecule has 0 fully saturated rings. The molecule has 0 bridgehead atoms. The van der Waals surface area contributed by atoms with Crippen LogP contribution in [0.1, 0.15) is 18.4 Å². The highest BCUT2D eigenvalue weighted by atomic mass is 35.5. The maximum absolute atomic E-state index is 6.37. The van der Waals surface area contributed by atoms with Crippen LogP contribution in [0, 0.1) is 0 Å². The molecule has 23 heavy (non-hydrogen) atoms. The number of halogens is 3. The van der Waals surface area contributed by atoms with E-state index in [1.54, 1.807) is 12.4 Å². The molecule has 0 aliphatic heterocycles. The lowest BCUT2D eigenvalue weighted by Gasteiger charge is -2.06. The van der Waals surface area contributed by atoms with Crippen molar-refractivity contribution in [1.82, 2.24) is 9.97 Å². The molecule has 0 spiro atoms. The molecule has 0 aliphatic carbocycles. The molecule has 3 N–H and O–H groups in total. The number of nitrogens with zero attached hydrogens (tertiary/aromatic N) is 1. The van der Waals surface area contributed by atoms with Gasteiger partial charge in [-0.15, -0.1) is 0 Å². The van der Waals surface area contributed by atoms with E-state index < -0.39 is 0 Å². The van der Waals surface area contributed by atoms with Crippen LogP contribution in [-0.4, -0.2) is 16.5 Å². The zero-order chi connectivity index (χ0) is 16.4. The number of hydrogen-bond donors (Lipinski definition) is 2. The minimum Gasteiger partial charge on any atom is -0.353 e. The maximum atomic E-state index is 6.37. The van der Waals surface area contributed by atoms with Crippen molar-refractivity contribution in [2.24, 2.45) is 5.73 Å². The topological polar surface area (TPSA) is 54.7 Å². The molecule has 0 atom stereocenters. The van der Waals surface area contributed by atoms with Crippen molar-refractivity contribution in [3.63, 3.8) is 0 Å². The first-order valence-electron chi connectivity index (χ1n) is 7.42. The standard InChI is InChI=1S/C17H16Cl3N3/c18-13-5-4-11-10(3-1-2-7-21)16(23-17(11)15(13)20)12-6-8-22-9-14(12)19/h4-6,8-9,23H,1-3,7,21H2. The summed E-state index contributed by atoms with van der Waals surface area (Å²) < 4.78 is 0. The van der Waals surface area contributed by atoms with Gasteiger partial charge in [-0.3, -0.25) is 4.98 Å². The van der Waals surface area contributed by atoms with Gasteiger partial charge in [0.1, 0.15) is 0 Å². The first-order chi connectivity index (χ1) is 11.1. The second-order valence-electron chi connectivity index (χ2n) is 5.36. The summed E-state index contributed by atoms with van der Waals surface area (Å²) in [5, 5.41) is 2.72. The van der Waals surface area contributed by atoms with Crippen LogP contribution in [0.15, 0.2) is 30.6 Å². The molecule has 0 aliphatic rings. The Morgan fingerprint density at radius 2 is 1.87 bits per heavy atom. The van der Waals surface area contributed by atoms with Crippen molar-refractivity contribution in [2.75, 3.05) is 6.54 Å². The number of aromatic nitrogens is 2. The Labute approximate surface area is 149 Å². The van der Waals surface area contributed by atoms with Gasteiger partial charge in [0, 0.05) is 23.3 Å². The zero-order valence-electron chi connectivity index (χ0n) is 12.4. The molecule has 3 rings (SSSR count). The molecular formula is C17H16Cl3N3. The summed E-state index contributed by atoms with van der Waals surface area (Å²) in [5.41, 5.74) is 9.52. The van der Waals surface area contributed by atoms with Crippen molar-refractivity contribution in [3.05, 3.63) is 51.2 Å². The smallest absolute Gasteiger partial charge is 0.0833 e. The average Bonchev–Trinajstić information content (AvgIpc) is 2.91. The van der Waals surface area contributed by atoms with Gasteiger partial charge in [-0.25, -0.2) is 0 Å². The highest BCUT2D eigenvalue weighted by Crippen LogP contribution is 2.39. The number of aryl methyl sites for hydroxylation is 1. The van der Waals surface area contributed by atoms with Gasteiger partial charge < -0.3 is 10.7 Å². The Kier molecular flexibility index (Phi) is 5.12. The minimum atomic E-state index is 0.528. The molecule has 3 nitrogen and oxygen atoms in total. The van der Waals surface area contributed by atoms with E-state index in [9.17, 15) is 0 Å². The van der Waals surface area contributed by atoms with Crippen LogP contribution < -0.4 is 5.73 Å². The number of nitrogens with one attached hydrogen (secondary N) is 1. The van der Waals surface area contributed by atoms with Crippen molar-refractivity contribution >= 4 is 45.7 Å². The monoisotopic (exact) mass is 367 g/mol. The second kappa shape index (κ2) is 7.10. The molecule has 0 saturated heterocycles. The van der Waals surface area contributed by atoms with Crippen molar-refractivity contribution in [3.8, 4) is 11.3 Å². The number of unbranched alkanes of at least 4 members (excludes halogenated alkanes) is 1. The number of aromatic amines is 1. The fourth-order valence-electron chi connectivity index (χ4n) is 2.77. The summed E-state index contributed by atoms with van der Waals surface area (Å²) in [7, 11) is 0. The Bertz CT molecular complexity index is 842. The number of H-pyrrole nitrogens is 1. The van der Waals surface area contributed by atoms with Crippen LogP contribution in [-0.2, 0) is 6.42 Å². The van der Waals surface area contributed by atoms with Crippen LogP contribution in [0.2, 0.25) is 15.1 Å². The molecule has 0 saturated carbocycles. The Morgan fingerprint density at radius 1 is 1.04 bits per heavy atom. The van der Waals surface area contributed by atoms with Crippen LogP contribution in [0.4, 0.5) is 0 Å². The maximum Gasteiger partial charge on any atom is 0.0833 e. The molecule has 0 amide bonds. The van der Waals surface area contributed by atoms with Crippen molar-refractivity contribution in [2.45, 2.75) is 19.3 Å². The van der Waals surface area contributed by atoms with E-state index >= 15 is 0 Å². The predicted molar refractivity (Wildman–Crippen MR) is 98.6 cm³/mol. The van der Waals surface area contributed by atoms with E-state index in [0.29, 0.717) is 21.6 Å². The summed E-state index contributed by atoms with van der Waals surface area (Å²) in [5.74, 6) is 0. The molecule has 120 valence electrons. The third kappa shape index (κ3) is 3.20. The average molecular weight is 369 g/mol. The lowest BCUT2D eigenvalue weighted by atomic mass is 10.0. The van der Waals surface area contributed by atoms with Gasteiger partial charge >= 0.3 is 0 Å². The molecule has 1 aromatic carbocycles. The Hall–Kier alpha value is -1.26. The van der Waals surface area contributed by atoms with Crippen LogP contribution >= 0.6 is 34.8 Å². The zero-order valence-corrected chi connectivity index (χ0v) is 14.6. The normalized spacial score (nSPS) is 11.3. The SMILES string of the molecule is NCCCCc1c(-c2ccncc2Cl)[nH]c2c(Cl)c(Cl)ccc12. The van der Waals surface area contributed by atoms with Gasteiger partial charge in [0.15, 0.2) is 0 Å². The van der Waals surface area contributed by atoms with E-state index in [4.69, 9.17) is 40.5 Å². The summed E-state index contributed by atoms with van der Waals surface area (Å²) >= 11 is 18.8. The largest absolute Gasteiger partial charge is 0.353 e. The van der Waals surface area contributed by atoms with Gasteiger partial charge in [-0.05, 0) is 43.5 Å². The lowest BCUT2D eigenvalue weighted by molar-refractivity contribution is 0.748.